The number of nitrogens with one attached hydrogen (secondary N) is 2. The first-order valence-electron chi connectivity index (χ1n) is 11.8. The number of amides is 1. The molecule has 2 N–H and O–H groups in total. The molecule has 0 saturated heterocycles. The van der Waals surface area contributed by atoms with Crippen LogP contribution in [0.1, 0.15) is 55.4 Å². The Morgan fingerprint density at radius 2 is 1.89 bits per heavy atom. The fourth-order valence-corrected chi connectivity index (χ4v) is 4.48. The van der Waals surface area contributed by atoms with E-state index in [-0.39, 0.29) is 5.91 Å². The Hall–Kier alpha value is -3.53. The Kier molecular flexibility index (Phi) is 8.25. The summed E-state index contributed by atoms with van der Waals surface area (Å²) in [5.74, 6) is 2.75. The van der Waals surface area contributed by atoms with Crippen LogP contribution in [0.15, 0.2) is 53.7 Å². The summed E-state index contributed by atoms with van der Waals surface area (Å²) in [6.45, 7) is 7.29. The molecule has 182 valence electrons. The third kappa shape index (κ3) is 6.33. The van der Waals surface area contributed by atoms with E-state index in [0.29, 0.717) is 35.1 Å². The molecule has 0 fully saturated rings. The molecule has 2 heterocycles. The average molecular weight is 491 g/mol. The van der Waals surface area contributed by atoms with Crippen molar-refractivity contribution < 1.29 is 4.79 Å². The highest BCUT2D eigenvalue weighted by Gasteiger charge is 2.16. The maximum atomic E-state index is 13.0. The number of aryl methyl sites for hydroxylation is 1. The number of hydrogen-bond acceptors (Lipinski definition) is 7. The average Bonchev–Trinajstić information content (AvgIpc) is 3.53. The Morgan fingerprint density at radius 3 is 2.60 bits per heavy atom. The van der Waals surface area contributed by atoms with E-state index in [9.17, 15) is 4.79 Å². The van der Waals surface area contributed by atoms with E-state index in [1.54, 1.807) is 23.9 Å². The standard InChI is InChI=1S/C25H30N8OS/c1-4-5-10-22-27-30-25(35-16-17(2)3)33(22)15-18-11-13-19(14-12-18)26-24(34)21-9-7-6-8-20(21)23-28-31-32-29-23/h6-9,11-14,17H,4-5,10,15-16H2,1-3H3,(H,26,34)(H,28,29,31,32). The van der Waals surface area contributed by atoms with Crippen LogP contribution < -0.4 is 5.32 Å². The number of tetrazole rings is 1. The minimum atomic E-state index is -0.230. The molecule has 4 aromatic rings. The first-order chi connectivity index (χ1) is 17.0. The summed E-state index contributed by atoms with van der Waals surface area (Å²) in [6, 6.07) is 15.1. The number of anilines is 1. The van der Waals surface area contributed by atoms with Gasteiger partial charge in [-0.15, -0.1) is 20.4 Å². The number of thioether (sulfide) groups is 1. The van der Waals surface area contributed by atoms with Gasteiger partial charge in [0.15, 0.2) is 5.16 Å². The van der Waals surface area contributed by atoms with Gasteiger partial charge >= 0.3 is 0 Å². The van der Waals surface area contributed by atoms with Crippen LogP contribution in [0.3, 0.4) is 0 Å². The van der Waals surface area contributed by atoms with Crippen LogP contribution in [-0.2, 0) is 13.0 Å². The molecule has 35 heavy (non-hydrogen) atoms. The summed E-state index contributed by atoms with van der Waals surface area (Å²) < 4.78 is 2.22. The second-order valence-electron chi connectivity index (χ2n) is 8.73. The quantitative estimate of drug-likeness (QED) is 0.289. The third-order valence-electron chi connectivity index (χ3n) is 5.40. The largest absolute Gasteiger partial charge is 0.322 e. The number of nitrogens with zero attached hydrogens (tertiary/aromatic N) is 6. The van der Waals surface area contributed by atoms with Crippen molar-refractivity contribution in [2.75, 3.05) is 11.1 Å². The normalized spacial score (nSPS) is 11.2. The lowest BCUT2D eigenvalue weighted by atomic mass is 10.1. The molecule has 0 atom stereocenters. The summed E-state index contributed by atoms with van der Waals surface area (Å²) in [6.07, 6.45) is 3.12. The van der Waals surface area contributed by atoms with E-state index in [4.69, 9.17) is 0 Å². The van der Waals surface area contributed by atoms with E-state index < -0.39 is 0 Å². The number of unbranched alkanes of at least 4 members (excludes halogenated alkanes) is 1. The summed E-state index contributed by atoms with van der Waals surface area (Å²) in [4.78, 5) is 13.0. The van der Waals surface area contributed by atoms with Gasteiger partial charge in [-0.25, -0.2) is 0 Å². The molecular formula is C25H30N8OS. The summed E-state index contributed by atoms with van der Waals surface area (Å²) in [5, 5.41) is 26.9. The van der Waals surface area contributed by atoms with Gasteiger partial charge in [-0.1, -0.05) is 69.3 Å². The molecule has 0 spiro atoms. The highest BCUT2D eigenvalue weighted by Crippen LogP contribution is 2.23. The molecule has 0 aliphatic carbocycles. The summed E-state index contributed by atoms with van der Waals surface area (Å²) >= 11 is 1.75. The molecule has 0 aliphatic rings. The molecule has 0 radical (unpaired) electrons. The fourth-order valence-electron chi connectivity index (χ4n) is 3.57. The van der Waals surface area contributed by atoms with Gasteiger partial charge in [0.1, 0.15) is 5.82 Å². The first kappa shape index (κ1) is 24.6. The van der Waals surface area contributed by atoms with Crippen molar-refractivity contribution in [1.29, 1.82) is 0 Å². The van der Waals surface area contributed by atoms with E-state index in [0.717, 1.165) is 41.6 Å². The zero-order valence-corrected chi connectivity index (χ0v) is 21.0. The number of aromatic nitrogens is 7. The monoisotopic (exact) mass is 490 g/mol. The zero-order valence-electron chi connectivity index (χ0n) is 20.2. The predicted octanol–water partition coefficient (Wildman–Crippen LogP) is 4.85. The lowest BCUT2D eigenvalue weighted by Crippen LogP contribution is -2.13. The van der Waals surface area contributed by atoms with Gasteiger partial charge in [0.25, 0.3) is 5.91 Å². The van der Waals surface area contributed by atoms with Gasteiger partial charge in [-0.05, 0) is 41.3 Å². The number of H-pyrrole nitrogens is 1. The summed E-state index contributed by atoms with van der Waals surface area (Å²) in [7, 11) is 0. The minimum Gasteiger partial charge on any atom is -0.322 e. The van der Waals surface area contributed by atoms with Crippen LogP contribution in [0.2, 0.25) is 0 Å². The molecule has 0 aliphatic heterocycles. The number of rotatable bonds is 11. The van der Waals surface area contributed by atoms with E-state index in [1.807, 2.05) is 36.4 Å². The number of benzene rings is 2. The third-order valence-corrected chi connectivity index (χ3v) is 6.80. The molecule has 0 bridgehead atoms. The molecule has 0 unspecified atom stereocenters. The number of aromatic amines is 1. The molecular weight excluding hydrogens is 460 g/mol. The molecule has 1 amide bonds. The Balaban J connectivity index is 1.48. The van der Waals surface area contributed by atoms with Crippen LogP contribution in [0.4, 0.5) is 5.69 Å². The van der Waals surface area contributed by atoms with Gasteiger partial charge in [-0.3, -0.25) is 4.79 Å². The van der Waals surface area contributed by atoms with Gasteiger partial charge in [0.2, 0.25) is 5.82 Å². The fraction of sp³-hybridized carbons (Fsp3) is 0.360. The molecule has 2 aromatic carbocycles. The predicted molar refractivity (Wildman–Crippen MR) is 137 cm³/mol. The number of carbonyl (C=O) groups excluding carboxylic acids is 1. The highest BCUT2D eigenvalue weighted by atomic mass is 32.2. The SMILES string of the molecule is CCCCc1nnc(SCC(C)C)n1Cc1ccc(NC(=O)c2ccccc2-c2nn[nH]n2)cc1. The lowest BCUT2D eigenvalue weighted by Gasteiger charge is -2.12. The first-order valence-corrected chi connectivity index (χ1v) is 12.8. The van der Waals surface area contributed by atoms with Gasteiger partial charge in [-0.2, -0.15) is 5.21 Å². The minimum absolute atomic E-state index is 0.230. The molecule has 2 aromatic heterocycles. The van der Waals surface area contributed by atoms with Crippen LogP contribution in [-0.4, -0.2) is 47.0 Å². The Morgan fingerprint density at radius 1 is 1.09 bits per heavy atom. The van der Waals surface area contributed by atoms with Crippen molar-refractivity contribution in [3.8, 4) is 11.4 Å². The van der Waals surface area contributed by atoms with Crippen molar-refractivity contribution >= 4 is 23.4 Å². The van der Waals surface area contributed by atoms with Crippen LogP contribution in [0, 0.1) is 5.92 Å². The zero-order chi connectivity index (χ0) is 24.6. The molecule has 10 heteroatoms. The van der Waals surface area contributed by atoms with Crippen molar-refractivity contribution in [1.82, 2.24) is 35.4 Å². The van der Waals surface area contributed by atoms with Crippen molar-refractivity contribution in [2.24, 2.45) is 5.92 Å². The second-order valence-corrected chi connectivity index (χ2v) is 9.71. The topological polar surface area (TPSA) is 114 Å². The van der Waals surface area contributed by atoms with Gasteiger partial charge in [0.05, 0.1) is 12.1 Å². The second kappa shape index (κ2) is 11.7. The maximum absolute atomic E-state index is 13.0. The van der Waals surface area contributed by atoms with E-state index >= 15 is 0 Å². The van der Waals surface area contributed by atoms with Crippen LogP contribution in [0.25, 0.3) is 11.4 Å². The Labute approximate surface area is 209 Å². The van der Waals surface area contributed by atoms with Gasteiger partial charge in [0, 0.05) is 23.4 Å². The Bertz CT molecular complexity index is 1230. The smallest absolute Gasteiger partial charge is 0.256 e. The van der Waals surface area contributed by atoms with E-state index in [2.05, 4.69) is 61.5 Å². The lowest BCUT2D eigenvalue weighted by molar-refractivity contribution is 0.102. The summed E-state index contributed by atoms with van der Waals surface area (Å²) in [5.41, 5.74) is 2.94. The van der Waals surface area contributed by atoms with Gasteiger partial charge < -0.3 is 9.88 Å². The van der Waals surface area contributed by atoms with Crippen LogP contribution >= 0.6 is 11.8 Å². The van der Waals surface area contributed by atoms with E-state index in [1.165, 1.54) is 0 Å². The number of hydrogen-bond donors (Lipinski definition) is 2. The van der Waals surface area contributed by atoms with Crippen molar-refractivity contribution in [3.05, 3.63) is 65.5 Å². The number of carbonyl (C=O) groups is 1. The maximum Gasteiger partial charge on any atom is 0.256 e. The molecule has 0 saturated carbocycles. The van der Waals surface area contributed by atoms with Crippen molar-refractivity contribution in [3.63, 3.8) is 0 Å². The van der Waals surface area contributed by atoms with Crippen LogP contribution in [0.5, 0.6) is 0 Å². The molecule has 9 nitrogen and oxygen atoms in total. The molecule has 4 rings (SSSR count). The highest BCUT2D eigenvalue weighted by molar-refractivity contribution is 7.99. The van der Waals surface area contributed by atoms with Crippen molar-refractivity contribution in [2.45, 2.75) is 51.7 Å².